The fourth-order valence-electron chi connectivity index (χ4n) is 4.31. The van der Waals surface area contributed by atoms with Crippen LogP contribution in [-0.2, 0) is 20.9 Å². The second-order valence-electron chi connectivity index (χ2n) is 9.19. The minimum Gasteiger partial charge on any atom is -0.497 e. The van der Waals surface area contributed by atoms with E-state index in [0.29, 0.717) is 22.7 Å². The van der Waals surface area contributed by atoms with Crippen molar-refractivity contribution < 1.29 is 23.9 Å². The zero-order valence-electron chi connectivity index (χ0n) is 21.8. The summed E-state index contributed by atoms with van der Waals surface area (Å²) in [5.74, 6) is -0.597. The summed E-state index contributed by atoms with van der Waals surface area (Å²) in [6, 6.07) is 21.8. The summed E-state index contributed by atoms with van der Waals surface area (Å²) >= 11 is 0.778. The van der Waals surface area contributed by atoms with Gasteiger partial charge in [0.25, 0.3) is 11.1 Å². The van der Waals surface area contributed by atoms with Crippen molar-refractivity contribution in [3.05, 3.63) is 95.0 Å². The van der Waals surface area contributed by atoms with Gasteiger partial charge in [-0.3, -0.25) is 24.1 Å². The fraction of sp³-hybridized carbons (Fsp3) is 0.133. The lowest BCUT2D eigenvalue weighted by Crippen LogP contribution is -2.36. The summed E-state index contributed by atoms with van der Waals surface area (Å²) in [5, 5.41) is 5.88. The molecule has 9 nitrogen and oxygen atoms in total. The van der Waals surface area contributed by atoms with Gasteiger partial charge in [0.1, 0.15) is 18.8 Å². The fourth-order valence-corrected chi connectivity index (χ4v) is 5.14. The van der Waals surface area contributed by atoms with Gasteiger partial charge in [-0.25, -0.2) is 0 Å². The Labute approximate surface area is 234 Å². The number of aromatic nitrogens is 1. The number of aryl methyl sites for hydroxylation is 1. The van der Waals surface area contributed by atoms with E-state index in [4.69, 9.17) is 4.74 Å². The number of rotatable bonds is 8. The highest BCUT2D eigenvalue weighted by atomic mass is 32.2. The molecule has 0 spiro atoms. The maximum atomic E-state index is 13.1. The highest BCUT2D eigenvalue weighted by Crippen LogP contribution is 2.34. The number of hydrogen-bond acceptors (Lipinski definition) is 6. The number of hydrogen-bond donors (Lipinski definition) is 2. The van der Waals surface area contributed by atoms with Gasteiger partial charge in [0.05, 0.1) is 12.0 Å². The number of fused-ring (bicyclic) bond motifs is 1. The van der Waals surface area contributed by atoms with E-state index in [-0.39, 0.29) is 17.4 Å². The molecule has 40 heavy (non-hydrogen) atoms. The highest BCUT2D eigenvalue weighted by Gasteiger charge is 2.36. The van der Waals surface area contributed by atoms with Crippen LogP contribution in [0.5, 0.6) is 5.75 Å². The molecule has 0 saturated carbocycles. The first-order valence-electron chi connectivity index (χ1n) is 12.4. The number of amides is 4. The van der Waals surface area contributed by atoms with Crippen molar-refractivity contribution in [2.24, 2.45) is 0 Å². The summed E-state index contributed by atoms with van der Waals surface area (Å²) in [6.07, 6.45) is 3.41. The molecule has 4 amide bonds. The van der Waals surface area contributed by atoms with Gasteiger partial charge in [-0.2, -0.15) is 0 Å². The molecule has 0 aliphatic carbocycles. The largest absolute Gasteiger partial charge is 0.497 e. The number of nitrogens with one attached hydrogen (secondary N) is 2. The lowest BCUT2D eigenvalue weighted by molar-refractivity contribution is -0.127. The second kappa shape index (κ2) is 11.5. The van der Waals surface area contributed by atoms with Crippen LogP contribution in [0.25, 0.3) is 17.0 Å². The van der Waals surface area contributed by atoms with Crippen LogP contribution >= 0.6 is 11.8 Å². The Bertz CT molecular complexity index is 1640. The molecule has 10 heteroatoms. The van der Waals surface area contributed by atoms with Crippen LogP contribution in [0.4, 0.5) is 16.2 Å². The van der Waals surface area contributed by atoms with Crippen molar-refractivity contribution in [3.63, 3.8) is 0 Å². The first-order chi connectivity index (χ1) is 19.3. The first-order valence-corrected chi connectivity index (χ1v) is 13.3. The number of carbonyl (C=O) groups is 4. The lowest BCUT2D eigenvalue weighted by atomic mass is 10.1. The number of para-hydroxylation sites is 1. The number of ether oxygens (including phenoxy) is 1. The van der Waals surface area contributed by atoms with Gasteiger partial charge in [0, 0.05) is 34.0 Å². The van der Waals surface area contributed by atoms with Gasteiger partial charge < -0.3 is 19.9 Å². The number of thioether (sulfide) groups is 1. The minimum absolute atomic E-state index is 0.0647. The molecule has 1 fully saturated rings. The molecule has 5 rings (SSSR count). The molecule has 0 bridgehead atoms. The average molecular weight is 555 g/mol. The van der Waals surface area contributed by atoms with E-state index in [1.807, 2.05) is 55.5 Å². The van der Waals surface area contributed by atoms with E-state index in [0.717, 1.165) is 33.1 Å². The molecule has 1 saturated heterocycles. The molecule has 2 heterocycles. The Morgan fingerprint density at radius 2 is 1.50 bits per heavy atom. The van der Waals surface area contributed by atoms with E-state index in [9.17, 15) is 19.2 Å². The van der Waals surface area contributed by atoms with Crippen molar-refractivity contribution in [1.82, 2.24) is 9.47 Å². The monoisotopic (exact) mass is 554 g/mol. The average Bonchev–Trinajstić information content (AvgIpc) is 3.42. The van der Waals surface area contributed by atoms with Gasteiger partial charge in [-0.15, -0.1) is 0 Å². The summed E-state index contributed by atoms with van der Waals surface area (Å²) < 4.78 is 6.91. The normalized spacial score (nSPS) is 14.2. The summed E-state index contributed by atoms with van der Waals surface area (Å²) in [7, 11) is 1.54. The molecule has 1 aromatic heterocycles. The standard InChI is InChI=1S/C30H26N4O5S/c1-19-7-9-21(10-8-19)31-27(35)17-33-16-20(24-5-3-4-6-25(24)33)15-26-29(37)34(30(38)40-26)18-28(36)32-22-11-13-23(39-2)14-12-22/h3-16H,17-18H2,1-2H3,(H,31,35)(H,32,36)/b26-15+. The van der Waals surface area contributed by atoms with Crippen LogP contribution in [0.1, 0.15) is 11.1 Å². The first kappa shape index (κ1) is 26.8. The van der Waals surface area contributed by atoms with Crippen LogP contribution in [-0.4, -0.2) is 46.1 Å². The van der Waals surface area contributed by atoms with Crippen molar-refractivity contribution in [1.29, 1.82) is 0 Å². The van der Waals surface area contributed by atoms with E-state index in [2.05, 4.69) is 10.6 Å². The third-order valence-electron chi connectivity index (χ3n) is 6.30. The van der Waals surface area contributed by atoms with Crippen LogP contribution in [0.2, 0.25) is 0 Å². The Hall–Kier alpha value is -4.83. The van der Waals surface area contributed by atoms with Crippen molar-refractivity contribution in [2.75, 3.05) is 24.3 Å². The third-order valence-corrected chi connectivity index (χ3v) is 7.21. The zero-order valence-corrected chi connectivity index (χ0v) is 22.7. The molecular weight excluding hydrogens is 528 g/mol. The molecule has 202 valence electrons. The quantitative estimate of drug-likeness (QED) is 0.287. The zero-order chi connectivity index (χ0) is 28.2. The predicted octanol–water partition coefficient (Wildman–Crippen LogP) is 5.27. The molecule has 0 radical (unpaired) electrons. The Kier molecular flexibility index (Phi) is 7.70. The Morgan fingerprint density at radius 1 is 0.875 bits per heavy atom. The Morgan fingerprint density at radius 3 is 2.17 bits per heavy atom. The maximum absolute atomic E-state index is 13.1. The van der Waals surface area contributed by atoms with Crippen molar-refractivity contribution in [3.8, 4) is 5.75 Å². The molecule has 3 aromatic carbocycles. The molecule has 0 unspecified atom stereocenters. The second-order valence-corrected chi connectivity index (χ2v) is 10.2. The van der Waals surface area contributed by atoms with Crippen LogP contribution in [0.3, 0.4) is 0 Å². The minimum atomic E-state index is -0.547. The summed E-state index contributed by atoms with van der Waals surface area (Å²) in [5.41, 5.74) is 3.82. The van der Waals surface area contributed by atoms with E-state index in [1.165, 1.54) is 0 Å². The predicted molar refractivity (Wildman–Crippen MR) is 156 cm³/mol. The molecule has 1 aliphatic rings. The SMILES string of the molecule is COc1ccc(NC(=O)CN2C(=O)S/C(=C/c3cn(CC(=O)Nc4ccc(C)cc4)c4ccccc34)C2=O)cc1. The van der Waals surface area contributed by atoms with E-state index < -0.39 is 23.6 Å². The molecular formula is C30H26N4O5S. The summed E-state index contributed by atoms with van der Waals surface area (Å²) in [4.78, 5) is 52.2. The van der Waals surface area contributed by atoms with Crippen molar-refractivity contribution >= 4 is 63.1 Å². The van der Waals surface area contributed by atoms with Gasteiger partial charge in [0.2, 0.25) is 11.8 Å². The van der Waals surface area contributed by atoms with Gasteiger partial charge in [0.15, 0.2) is 0 Å². The number of nitrogens with zero attached hydrogens (tertiary/aromatic N) is 2. The number of imide groups is 1. The molecule has 4 aromatic rings. The van der Waals surface area contributed by atoms with Gasteiger partial charge in [-0.05, 0) is 67.2 Å². The van der Waals surface area contributed by atoms with Crippen molar-refractivity contribution in [2.45, 2.75) is 13.5 Å². The highest BCUT2D eigenvalue weighted by molar-refractivity contribution is 8.18. The molecule has 2 N–H and O–H groups in total. The lowest BCUT2D eigenvalue weighted by Gasteiger charge is -2.12. The molecule has 1 aliphatic heterocycles. The van der Waals surface area contributed by atoms with E-state index >= 15 is 0 Å². The van der Waals surface area contributed by atoms with Gasteiger partial charge >= 0.3 is 0 Å². The number of methoxy groups -OCH3 is 1. The Balaban J connectivity index is 1.31. The number of benzene rings is 3. The number of anilines is 2. The molecule has 0 atom stereocenters. The van der Waals surface area contributed by atoms with Crippen LogP contribution in [0.15, 0.2) is 83.9 Å². The number of carbonyl (C=O) groups excluding carboxylic acids is 4. The topological polar surface area (TPSA) is 110 Å². The summed E-state index contributed by atoms with van der Waals surface area (Å²) in [6.45, 7) is 1.63. The van der Waals surface area contributed by atoms with Crippen LogP contribution in [0, 0.1) is 6.92 Å². The van der Waals surface area contributed by atoms with Crippen LogP contribution < -0.4 is 15.4 Å². The van der Waals surface area contributed by atoms with E-state index in [1.54, 1.807) is 48.2 Å². The maximum Gasteiger partial charge on any atom is 0.294 e. The smallest absolute Gasteiger partial charge is 0.294 e. The van der Waals surface area contributed by atoms with Gasteiger partial charge in [-0.1, -0.05) is 35.9 Å². The third kappa shape index (κ3) is 5.92.